The average Bonchev–Trinajstić information content (AvgIpc) is 2.20. The molecule has 0 aromatic heterocycles. The van der Waals surface area contributed by atoms with Crippen molar-refractivity contribution in [1.29, 1.82) is 0 Å². The molecule has 1 rings (SSSR count). The number of rotatable bonds is 5. The van der Waals surface area contributed by atoms with Crippen LogP contribution in [0.5, 0.6) is 5.75 Å². The first-order valence-corrected chi connectivity index (χ1v) is 5.37. The van der Waals surface area contributed by atoms with Gasteiger partial charge in [0.1, 0.15) is 5.75 Å². The molecular weight excluding hydrogens is 296 g/mol. The van der Waals surface area contributed by atoms with Crippen LogP contribution >= 0.6 is 47.2 Å². The molecule has 0 saturated carbocycles. The van der Waals surface area contributed by atoms with Gasteiger partial charge < -0.3 is 9.57 Å². The van der Waals surface area contributed by atoms with Crippen LogP contribution in [0.1, 0.15) is 6.42 Å². The summed E-state index contributed by atoms with van der Waals surface area (Å²) < 4.78 is 5.36. The summed E-state index contributed by atoms with van der Waals surface area (Å²) in [4.78, 5) is 4.39. The van der Waals surface area contributed by atoms with Gasteiger partial charge in [-0.15, -0.1) is 12.4 Å². The molecule has 0 amide bonds. The highest BCUT2D eigenvalue weighted by molar-refractivity contribution is 6.43. The van der Waals surface area contributed by atoms with Crippen LogP contribution < -0.4 is 10.6 Å². The van der Waals surface area contributed by atoms with E-state index in [4.69, 9.17) is 45.4 Å². The second-order valence-corrected chi connectivity index (χ2v) is 3.99. The zero-order chi connectivity index (χ0) is 11.3. The third-order valence-electron chi connectivity index (χ3n) is 1.64. The molecule has 2 N–H and O–H groups in total. The Morgan fingerprint density at radius 2 is 1.62 bits per heavy atom. The summed E-state index contributed by atoms with van der Waals surface area (Å²) in [6.07, 6.45) is 0.674. The van der Waals surface area contributed by atoms with Gasteiger partial charge in [0.2, 0.25) is 0 Å². The van der Waals surface area contributed by atoms with Crippen molar-refractivity contribution >= 4 is 47.2 Å². The summed E-state index contributed by atoms with van der Waals surface area (Å²) in [5.41, 5.74) is 0. The molecule has 16 heavy (non-hydrogen) atoms. The monoisotopic (exact) mass is 305 g/mol. The third kappa shape index (κ3) is 4.95. The lowest BCUT2D eigenvalue weighted by Crippen LogP contribution is -2.06. The molecule has 92 valence electrons. The Kier molecular flexibility index (Phi) is 8.28. The third-order valence-corrected chi connectivity index (χ3v) is 2.66. The summed E-state index contributed by atoms with van der Waals surface area (Å²) in [5, 5.41) is 1.24. The number of hydrogen-bond donors (Lipinski definition) is 1. The van der Waals surface area contributed by atoms with Gasteiger partial charge in [-0.3, -0.25) is 0 Å². The number of ether oxygens (including phenoxy) is 1. The van der Waals surface area contributed by atoms with Crippen molar-refractivity contribution < 1.29 is 9.57 Å². The molecule has 0 heterocycles. The highest BCUT2D eigenvalue weighted by Crippen LogP contribution is 2.33. The Labute approximate surface area is 115 Å². The molecule has 1 aromatic rings. The molecule has 0 saturated heterocycles. The van der Waals surface area contributed by atoms with Crippen molar-refractivity contribution in [2.75, 3.05) is 13.2 Å². The highest BCUT2D eigenvalue weighted by atomic mass is 35.5. The largest absolute Gasteiger partial charge is 0.492 e. The standard InChI is InChI=1S/C9H10Cl3NO2.ClH/c10-6-4-8(12)9(5-7(6)11)14-2-1-3-15-13;/h4-5H,1-3,13H2;1H. The van der Waals surface area contributed by atoms with Crippen LogP contribution in [-0.4, -0.2) is 13.2 Å². The molecule has 0 aliphatic heterocycles. The lowest BCUT2D eigenvalue weighted by Gasteiger charge is -2.08. The van der Waals surface area contributed by atoms with Gasteiger partial charge >= 0.3 is 0 Å². The van der Waals surface area contributed by atoms with Crippen molar-refractivity contribution in [3.05, 3.63) is 27.2 Å². The van der Waals surface area contributed by atoms with Gasteiger partial charge in [-0.05, 0) is 6.07 Å². The fraction of sp³-hybridized carbons (Fsp3) is 0.333. The van der Waals surface area contributed by atoms with E-state index in [0.717, 1.165) is 0 Å². The fourth-order valence-electron chi connectivity index (χ4n) is 0.939. The van der Waals surface area contributed by atoms with E-state index in [2.05, 4.69) is 4.84 Å². The van der Waals surface area contributed by atoms with Gasteiger partial charge in [0.25, 0.3) is 0 Å². The summed E-state index contributed by atoms with van der Waals surface area (Å²) >= 11 is 17.5. The van der Waals surface area contributed by atoms with Crippen LogP contribution in [0.15, 0.2) is 12.1 Å². The SMILES string of the molecule is Cl.NOCCCOc1cc(Cl)c(Cl)cc1Cl. The first-order valence-electron chi connectivity index (χ1n) is 4.24. The van der Waals surface area contributed by atoms with E-state index in [1.165, 1.54) is 0 Å². The van der Waals surface area contributed by atoms with Gasteiger partial charge in [-0.1, -0.05) is 34.8 Å². The molecule has 0 bridgehead atoms. The summed E-state index contributed by atoms with van der Waals surface area (Å²) in [5.74, 6) is 5.36. The number of halogens is 4. The van der Waals surface area contributed by atoms with Gasteiger partial charge in [0, 0.05) is 12.5 Å². The van der Waals surface area contributed by atoms with E-state index in [-0.39, 0.29) is 12.4 Å². The second kappa shape index (κ2) is 8.23. The lowest BCUT2D eigenvalue weighted by molar-refractivity contribution is 0.122. The molecule has 0 atom stereocenters. The summed E-state index contributed by atoms with van der Waals surface area (Å²) in [6.45, 7) is 0.883. The molecule has 0 spiro atoms. The van der Waals surface area contributed by atoms with E-state index in [9.17, 15) is 0 Å². The molecule has 0 radical (unpaired) electrons. The van der Waals surface area contributed by atoms with E-state index in [0.29, 0.717) is 40.5 Å². The minimum absolute atomic E-state index is 0. The first kappa shape index (κ1) is 16.1. The van der Waals surface area contributed by atoms with E-state index < -0.39 is 0 Å². The zero-order valence-corrected chi connectivity index (χ0v) is 11.3. The van der Waals surface area contributed by atoms with Crippen molar-refractivity contribution in [2.24, 2.45) is 5.90 Å². The van der Waals surface area contributed by atoms with Gasteiger partial charge in [-0.2, -0.15) is 0 Å². The highest BCUT2D eigenvalue weighted by Gasteiger charge is 2.06. The smallest absolute Gasteiger partial charge is 0.139 e. The maximum Gasteiger partial charge on any atom is 0.139 e. The molecular formula is C9H11Cl4NO2. The van der Waals surface area contributed by atoms with Crippen molar-refractivity contribution in [2.45, 2.75) is 6.42 Å². The molecule has 0 unspecified atom stereocenters. The van der Waals surface area contributed by atoms with Gasteiger partial charge in [-0.25, -0.2) is 5.90 Å². The van der Waals surface area contributed by atoms with Crippen LogP contribution in [-0.2, 0) is 4.84 Å². The van der Waals surface area contributed by atoms with E-state index >= 15 is 0 Å². The first-order chi connectivity index (χ1) is 7.15. The second-order valence-electron chi connectivity index (χ2n) is 2.77. The summed E-state index contributed by atoms with van der Waals surface area (Å²) in [6, 6.07) is 3.12. The molecule has 1 aromatic carbocycles. The molecule has 0 fully saturated rings. The van der Waals surface area contributed by atoms with Crippen molar-refractivity contribution in [3.8, 4) is 5.75 Å². The van der Waals surface area contributed by atoms with E-state index in [1.807, 2.05) is 0 Å². The minimum Gasteiger partial charge on any atom is -0.492 e. The lowest BCUT2D eigenvalue weighted by atomic mass is 10.3. The maximum absolute atomic E-state index is 5.89. The zero-order valence-electron chi connectivity index (χ0n) is 8.21. The molecule has 3 nitrogen and oxygen atoms in total. The summed E-state index contributed by atoms with van der Waals surface area (Å²) in [7, 11) is 0. The van der Waals surface area contributed by atoms with Crippen molar-refractivity contribution in [1.82, 2.24) is 0 Å². The van der Waals surface area contributed by atoms with Crippen molar-refractivity contribution in [3.63, 3.8) is 0 Å². The predicted molar refractivity (Wildman–Crippen MR) is 69.0 cm³/mol. The van der Waals surface area contributed by atoms with Gasteiger partial charge in [0.05, 0.1) is 28.3 Å². The Hall–Kier alpha value is 0.1000. The maximum atomic E-state index is 5.89. The van der Waals surface area contributed by atoms with Crippen LogP contribution in [0.3, 0.4) is 0 Å². The van der Waals surface area contributed by atoms with Gasteiger partial charge in [0.15, 0.2) is 0 Å². The van der Waals surface area contributed by atoms with Crippen LogP contribution in [0.2, 0.25) is 15.1 Å². The normalized spacial score (nSPS) is 9.75. The molecule has 7 heteroatoms. The van der Waals surface area contributed by atoms with E-state index in [1.54, 1.807) is 12.1 Å². The number of benzene rings is 1. The number of nitrogens with two attached hydrogens (primary N) is 1. The Morgan fingerprint density at radius 3 is 2.25 bits per heavy atom. The van der Waals surface area contributed by atoms with Crippen LogP contribution in [0.4, 0.5) is 0 Å². The average molecular weight is 307 g/mol. The van der Waals surface area contributed by atoms with Crippen LogP contribution in [0, 0.1) is 0 Å². The molecule has 0 aliphatic carbocycles. The predicted octanol–water partition coefficient (Wildman–Crippen LogP) is 3.73. The van der Waals surface area contributed by atoms with Crippen LogP contribution in [0.25, 0.3) is 0 Å². The minimum atomic E-state index is 0. The fourth-order valence-corrected chi connectivity index (χ4v) is 1.53. The Bertz CT molecular complexity index is 336. The topological polar surface area (TPSA) is 44.5 Å². The molecule has 0 aliphatic rings. The number of hydrogen-bond acceptors (Lipinski definition) is 3. The quantitative estimate of drug-likeness (QED) is 0.512. The Balaban J connectivity index is 0.00000225. The Morgan fingerprint density at radius 1 is 1.00 bits per heavy atom.